The van der Waals surface area contributed by atoms with Crippen molar-refractivity contribution in [2.24, 2.45) is 0 Å². The number of aliphatic hydroxyl groups is 1. The highest BCUT2D eigenvalue weighted by atomic mass is 32.2. The molecule has 0 radical (unpaired) electrons. The second-order valence-corrected chi connectivity index (χ2v) is 7.17. The van der Waals surface area contributed by atoms with Gasteiger partial charge in [-0.1, -0.05) is 18.2 Å². The molecule has 0 aliphatic rings. The molecule has 0 aliphatic heterocycles. The molecule has 124 valence electrons. The van der Waals surface area contributed by atoms with Gasteiger partial charge in [-0.25, -0.2) is 17.2 Å². The molecule has 0 fully saturated rings. The van der Waals surface area contributed by atoms with E-state index in [-0.39, 0.29) is 12.2 Å². The first-order valence-corrected chi connectivity index (χ1v) is 8.68. The van der Waals surface area contributed by atoms with Gasteiger partial charge in [-0.2, -0.15) is 0 Å². The molecule has 0 saturated heterocycles. The van der Waals surface area contributed by atoms with Gasteiger partial charge in [0.1, 0.15) is 30.1 Å². The van der Waals surface area contributed by atoms with E-state index in [9.17, 15) is 22.3 Å². The molecular weight excluding hydrogens is 326 g/mol. The Labute approximate surface area is 133 Å². The molecule has 0 aromatic heterocycles. The minimum atomic E-state index is -3.70. The highest BCUT2D eigenvalue weighted by molar-refractivity contribution is 7.90. The molecule has 0 saturated carbocycles. The van der Waals surface area contributed by atoms with E-state index in [1.54, 1.807) is 6.07 Å². The van der Waals surface area contributed by atoms with Crippen LogP contribution in [0, 0.1) is 11.6 Å². The van der Waals surface area contributed by atoms with Crippen LogP contribution in [-0.4, -0.2) is 32.0 Å². The topological polar surface area (TPSA) is 63.6 Å². The first-order chi connectivity index (χ1) is 10.9. The fourth-order valence-corrected chi connectivity index (χ4v) is 3.48. The second kappa shape index (κ2) is 7.52. The molecule has 2 aromatic rings. The number of sulfone groups is 1. The van der Waals surface area contributed by atoms with E-state index in [0.717, 1.165) is 0 Å². The third kappa shape index (κ3) is 5.61. The lowest BCUT2D eigenvalue weighted by Crippen LogP contribution is -2.28. The SMILES string of the molecule is O=S(=O)(Cc1ccccc1F)CC(O)COc1ccc(F)cc1. The maximum atomic E-state index is 13.5. The molecule has 2 rings (SSSR count). The Balaban J connectivity index is 1.89. The van der Waals surface area contributed by atoms with Crippen molar-refractivity contribution in [2.75, 3.05) is 12.4 Å². The standard InChI is InChI=1S/C16H16F2O4S/c17-13-5-7-15(8-6-13)22-9-14(19)11-23(20,21)10-12-3-1-2-4-16(12)18/h1-8,14,19H,9-11H2. The van der Waals surface area contributed by atoms with Crippen LogP contribution in [0.25, 0.3) is 0 Å². The van der Waals surface area contributed by atoms with E-state index < -0.39 is 39.1 Å². The highest BCUT2D eigenvalue weighted by Gasteiger charge is 2.20. The summed E-state index contributed by atoms with van der Waals surface area (Å²) in [5.74, 6) is -1.76. The third-order valence-corrected chi connectivity index (χ3v) is 4.68. The van der Waals surface area contributed by atoms with E-state index in [4.69, 9.17) is 4.74 Å². The van der Waals surface area contributed by atoms with Crippen LogP contribution in [0.4, 0.5) is 8.78 Å². The molecule has 4 nitrogen and oxygen atoms in total. The lowest BCUT2D eigenvalue weighted by molar-refractivity contribution is 0.125. The summed E-state index contributed by atoms with van der Waals surface area (Å²) in [6.07, 6.45) is -1.27. The summed E-state index contributed by atoms with van der Waals surface area (Å²) in [5.41, 5.74) is 0.0548. The Morgan fingerprint density at radius 3 is 2.35 bits per heavy atom. The zero-order chi connectivity index (χ0) is 16.9. The van der Waals surface area contributed by atoms with Crippen molar-refractivity contribution in [3.63, 3.8) is 0 Å². The van der Waals surface area contributed by atoms with Gasteiger partial charge in [0.15, 0.2) is 9.84 Å². The van der Waals surface area contributed by atoms with Gasteiger partial charge in [-0.05, 0) is 30.3 Å². The van der Waals surface area contributed by atoms with Crippen molar-refractivity contribution in [3.05, 3.63) is 65.7 Å². The molecule has 7 heteroatoms. The van der Waals surface area contributed by atoms with Gasteiger partial charge in [-0.3, -0.25) is 0 Å². The summed E-state index contributed by atoms with van der Waals surface area (Å²) < 4.78 is 55.4. The van der Waals surface area contributed by atoms with Crippen LogP contribution in [0.5, 0.6) is 5.75 Å². The molecule has 2 aromatic carbocycles. The van der Waals surface area contributed by atoms with Crippen molar-refractivity contribution in [3.8, 4) is 5.75 Å². The summed E-state index contributed by atoms with van der Waals surface area (Å²) in [6, 6.07) is 10.7. The average molecular weight is 342 g/mol. The quantitative estimate of drug-likeness (QED) is 0.839. The fraction of sp³-hybridized carbons (Fsp3) is 0.250. The molecule has 0 spiro atoms. The predicted octanol–water partition coefficient (Wildman–Crippen LogP) is 2.32. The minimum absolute atomic E-state index is 0.0548. The molecule has 0 bridgehead atoms. The van der Waals surface area contributed by atoms with Crippen molar-refractivity contribution < 1.29 is 27.0 Å². The predicted molar refractivity (Wildman–Crippen MR) is 81.8 cm³/mol. The lowest BCUT2D eigenvalue weighted by atomic mass is 10.2. The van der Waals surface area contributed by atoms with E-state index in [1.165, 1.54) is 42.5 Å². The maximum Gasteiger partial charge on any atom is 0.157 e. The monoisotopic (exact) mass is 342 g/mol. The molecule has 23 heavy (non-hydrogen) atoms. The Bertz CT molecular complexity index is 745. The molecule has 0 heterocycles. The number of hydrogen-bond acceptors (Lipinski definition) is 4. The maximum absolute atomic E-state index is 13.5. The second-order valence-electron chi connectivity index (χ2n) is 5.06. The number of rotatable bonds is 7. The van der Waals surface area contributed by atoms with Gasteiger partial charge < -0.3 is 9.84 Å². The number of ether oxygens (including phenoxy) is 1. The van der Waals surface area contributed by atoms with Crippen molar-refractivity contribution >= 4 is 9.84 Å². The van der Waals surface area contributed by atoms with Crippen molar-refractivity contribution in [1.82, 2.24) is 0 Å². The first kappa shape index (κ1) is 17.4. The van der Waals surface area contributed by atoms with Gasteiger partial charge in [0.05, 0.1) is 11.5 Å². The molecule has 1 N–H and O–H groups in total. The molecule has 1 unspecified atom stereocenters. The Morgan fingerprint density at radius 2 is 1.70 bits per heavy atom. The Kier molecular flexibility index (Phi) is 5.68. The van der Waals surface area contributed by atoms with E-state index in [2.05, 4.69) is 0 Å². The van der Waals surface area contributed by atoms with Gasteiger partial charge in [0.2, 0.25) is 0 Å². The molecule has 0 amide bonds. The smallest absolute Gasteiger partial charge is 0.157 e. The summed E-state index contributed by atoms with van der Waals surface area (Å²) in [5, 5.41) is 9.78. The van der Waals surface area contributed by atoms with Crippen LogP contribution in [0.2, 0.25) is 0 Å². The zero-order valence-corrected chi connectivity index (χ0v) is 13.0. The lowest BCUT2D eigenvalue weighted by Gasteiger charge is -2.13. The first-order valence-electron chi connectivity index (χ1n) is 6.86. The van der Waals surface area contributed by atoms with Crippen LogP contribution >= 0.6 is 0 Å². The highest BCUT2D eigenvalue weighted by Crippen LogP contribution is 2.14. The summed E-state index contributed by atoms with van der Waals surface area (Å²) in [6.45, 7) is -0.262. The summed E-state index contributed by atoms with van der Waals surface area (Å²) >= 11 is 0. The van der Waals surface area contributed by atoms with E-state index in [0.29, 0.717) is 5.75 Å². The van der Waals surface area contributed by atoms with E-state index in [1.807, 2.05) is 0 Å². The summed E-state index contributed by atoms with van der Waals surface area (Å²) in [4.78, 5) is 0. The number of benzene rings is 2. The zero-order valence-electron chi connectivity index (χ0n) is 12.2. The normalized spacial score (nSPS) is 12.8. The van der Waals surface area contributed by atoms with Crippen LogP contribution in [0.15, 0.2) is 48.5 Å². The van der Waals surface area contributed by atoms with E-state index >= 15 is 0 Å². The van der Waals surface area contributed by atoms with Crippen LogP contribution in [0.3, 0.4) is 0 Å². The van der Waals surface area contributed by atoms with Gasteiger partial charge in [0.25, 0.3) is 0 Å². The number of aliphatic hydroxyl groups excluding tert-OH is 1. The number of halogens is 2. The average Bonchev–Trinajstić information content (AvgIpc) is 2.48. The largest absolute Gasteiger partial charge is 0.491 e. The molecular formula is C16H16F2O4S. The fourth-order valence-electron chi connectivity index (χ4n) is 1.98. The minimum Gasteiger partial charge on any atom is -0.491 e. The molecule has 1 atom stereocenters. The van der Waals surface area contributed by atoms with Gasteiger partial charge in [-0.15, -0.1) is 0 Å². The molecule has 0 aliphatic carbocycles. The number of hydrogen-bond donors (Lipinski definition) is 1. The van der Waals surface area contributed by atoms with Crippen LogP contribution in [-0.2, 0) is 15.6 Å². The van der Waals surface area contributed by atoms with Gasteiger partial charge in [0, 0.05) is 5.56 Å². The Hall–Kier alpha value is -1.99. The Morgan fingerprint density at radius 1 is 1.04 bits per heavy atom. The van der Waals surface area contributed by atoms with Crippen molar-refractivity contribution in [1.29, 1.82) is 0 Å². The van der Waals surface area contributed by atoms with Gasteiger partial charge >= 0.3 is 0 Å². The third-order valence-electron chi connectivity index (χ3n) is 3.04. The van der Waals surface area contributed by atoms with Crippen molar-refractivity contribution in [2.45, 2.75) is 11.9 Å². The van der Waals surface area contributed by atoms with Crippen LogP contribution < -0.4 is 4.74 Å². The summed E-state index contributed by atoms with van der Waals surface area (Å²) in [7, 11) is -3.70. The van der Waals surface area contributed by atoms with Crippen LogP contribution in [0.1, 0.15) is 5.56 Å².